The smallest absolute Gasteiger partial charge is 0.222 e. The maximum Gasteiger partial charge on any atom is 0.222 e. The van der Waals surface area contributed by atoms with E-state index in [0.29, 0.717) is 5.91 Å². The van der Waals surface area contributed by atoms with Crippen molar-refractivity contribution in [1.29, 1.82) is 0 Å². The van der Waals surface area contributed by atoms with Crippen LogP contribution in [-0.2, 0) is 4.79 Å². The Kier molecular flexibility index (Phi) is 21.2. The van der Waals surface area contributed by atoms with E-state index in [1.807, 2.05) is 0 Å². The highest BCUT2D eigenvalue weighted by molar-refractivity contribution is 5.76. The van der Waals surface area contributed by atoms with Crippen LogP contribution in [0.3, 0.4) is 0 Å². The second-order valence-electron chi connectivity index (χ2n) is 9.69. The number of hydrogen-bond acceptors (Lipinski definition) is 3. The largest absolute Gasteiger partial charge is 0.343 e. The van der Waals surface area contributed by atoms with E-state index in [1.54, 1.807) is 0 Å². The van der Waals surface area contributed by atoms with Crippen LogP contribution in [0, 0.1) is 0 Å². The second-order valence-corrected chi connectivity index (χ2v) is 9.69. The standard InChI is InChI=1S/C26H55N3O/c1-6-7-8-9-10-11-12-13-14-15-16-17-18-21-26(30)29(24-19-22-27(2)3)25-20-23-28(4)5/h6-25H2,1-5H3. The summed E-state index contributed by atoms with van der Waals surface area (Å²) >= 11 is 0. The highest BCUT2D eigenvalue weighted by Crippen LogP contribution is 2.13. The van der Waals surface area contributed by atoms with Crippen molar-refractivity contribution in [2.24, 2.45) is 0 Å². The van der Waals surface area contributed by atoms with Crippen molar-refractivity contribution in [1.82, 2.24) is 14.7 Å². The summed E-state index contributed by atoms with van der Waals surface area (Å²) in [6, 6.07) is 0. The SMILES string of the molecule is CCCCCCCCCCCCCCCC(=O)N(CCCN(C)C)CCCN(C)C. The summed E-state index contributed by atoms with van der Waals surface area (Å²) < 4.78 is 0. The molecule has 0 N–H and O–H groups in total. The average molecular weight is 426 g/mol. The van der Waals surface area contributed by atoms with Gasteiger partial charge in [0, 0.05) is 19.5 Å². The molecule has 0 aliphatic rings. The molecule has 4 heteroatoms. The Morgan fingerprint density at radius 2 is 0.867 bits per heavy atom. The van der Waals surface area contributed by atoms with E-state index in [-0.39, 0.29) is 0 Å². The maximum atomic E-state index is 12.7. The molecule has 0 aliphatic carbocycles. The molecule has 0 aromatic carbocycles. The summed E-state index contributed by atoms with van der Waals surface area (Å²) in [6.07, 6.45) is 20.5. The average Bonchev–Trinajstić information content (AvgIpc) is 2.69. The van der Waals surface area contributed by atoms with Crippen LogP contribution in [0.1, 0.15) is 110 Å². The van der Waals surface area contributed by atoms with E-state index >= 15 is 0 Å². The summed E-state index contributed by atoms with van der Waals surface area (Å²) in [5.41, 5.74) is 0. The van der Waals surface area contributed by atoms with E-state index in [0.717, 1.165) is 51.9 Å². The second kappa shape index (κ2) is 21.6. The summed E-state index contributed by atoms with van der Waals surface area (Å²) in [7, 11) is 8.41. The summed E-state index contributed by atoms with van der Waals surface area (Å²) in [5, 5.41) is 0. The fourth-order valence-corrected chi connectivity index (χ4v) is 3.97. The number of unbranched alkanes of at least 4 members (excludes halogenated alkanes) is 12. The highest BCUT2D eigenvalue weighted by atomic mass is 16.2. The minimum atomic E-state index is 0.371. The molecule has 0 saturated carbocycles. The molecule has 4 nitrogen and oxygen atoms in total. The number of carbonyl (C=O) groups excluding carboxylic acids is 1. The highest BCUT2D eigenvalue weighted by Gasteiger charge is 2.13. The van der Waals surface area contributed by atoms with Gasteiger partial charge in [0.25, 0.3) is 0 Å². The molecule has 0 radical (unpaired) electrons. The maximum absolute atomic E-state index is 12.7. The minimum Gasteiger partial charge on any atom is -0.343 e. The number of carbonyl (C=O) groups is 1. The van der Waals surface area contributed by atoms with Gasteiger partial charge >= 0.3 is 0 Å². The number of amides is 1. The van der Waals surface area contributed by atoms with Crippen LogP contribution >= 0.6 is 0 Å². The van der Waals surface area contributed by atoms with Gasteiger partial charge in [0.15, 0.2) is 0 Å². The Hall–Kier alpha value is -0.610. The van der Waals surface area contributed by atoms with Crippen LogP contribution in [0.25, 0.3) is 0 Å². The Morgan fingerprint density at radius 3 is 1.23 bits per heavy atom. The molecule has 1 amide bonds. The molecule has 0 unspecified atom stereocenters. The van der Waals surface area contributed by atoms with Crippen molar-refractivity contribution in [2.45, 2.75) is 110 Å². The van der Waals surface area contributed by atoms with Gasteiger partial charge < -0.3 is 14.7 Å². The lowest BCUT2D eigenvalue weighted by molar-refractivity contribution is -0.131. The van der Waals surface area contributed by atoms with E-state index in [1.165, 1.54) is 77.0 Å². The van der Waals surface area contributed by atoms with Gasteiger partial charge in [-0.25, -0.2) is 0 Å². The lowest BCUT2D eigenvalue weighted by Gasteiger charge is -2.24. The molecule has 0 saturated heterocycles. The van der Waals surface area contributed by atoms with Crippen LogP contribution in [0.4, 0.5) is 0 Å². The van der Waals surface area contributed by atoms with Gasteiger partial charge in [-0.3, -0.25) is 4.79 Å². The molecular weight excluding hydrogens is 370 g/mol. The normalized spacial score (nSPS) is 11.6. The van der Waals surface area contributed by atoms with Crippen molar-refractivity contribution < 1.29 is 4.79 Å². The van der Waals surface area contributed by atoms with E-state index < -0.39 is 0 Å². The van der Waals surface area contributed by atoms with Gasteiger partial charge in [0.2, 0.25) is 5.91 Å². The lowest BCUT2D eigenvalue weighted by Crippen LogP contribution is -2.35. The fraction of sp³-hybridized carbons (Fsp3) is 0.962. The Labute approximate surface area is 189 Å². The van der Waals surface area contributed by atoms with Crippen molar-refractivity contribution in [3.8, 4) is 0 Å². The topological polar surface area (TPSA) is 26.8 Å². The van der Waals surface area contributed by atoms with Gasteiger partial charge in [0.05, 0.1) is 0 Å². The molecule has 0 aliphatic heterocycles. The minimum absolute atomic E-state index is 0.371. The monoisotopic (exact) mass is 425 g/mol. The molecule has 180 valence electrons. The summed E-state index contributed by atoms with van der Waals surface area (Å²) in [4.78, 5) is 19.2. The van der Waals surface area contributed by atoms with E-state index in [9.17, 15) is 4.79 Å². The van der Waals surface area contributed by atoms with Crippen molar-refractivity contribution in [3.63, 3.8) is 0 Å². The van der Waals surface area contributed by atoms with Crippen LogP contribution in [-0.4, -0.2) is 75.0 Å². The molecule has 0 bridgehead atoms. The first kappa shape index (κ1) is 29.4. The molecule has 0 aromatic heterocycles. The summed E-state index contributed by atoms with van der Waals surface area (Å²) in [5.74, 6) is 0.371. The predicted octanol–water partition coefficient (Wildman–Crippen LogP) is 6.20. The third-order valence-corrected chi connectivity index (χ3v) is 5.91. The van der Waals surface area contributed by atoms with Gasteiger partial charge in [-0.05, 0) is 60.5 Å². The zero-order valence-electron chi connectivity index (χ0n) is 21.4. The van der Waals surface area contributed by atoms with Crippen molar-refractivity contribution >= 4 is 5.91 Å². The van der Waals surface area contributed by atoms with Crippen LogP contribution < -0.4 is 0 Å². The Balaban J connectivity index is 3.75. The molecule has 0 spiro atoms. The lowest BCUT2D eigenvalue weighted by atomic mass is 10.0. The molecule has 0 aromatic rings. The van der Waals surface area contributed by atoms with Gasteiger partial charge in [-0.1, -0.05) is 84.0 Å². The predicted molar refractivity (Wildman–Crippen MR) is 133 cm³/mol. The third kappa shape index (κ3) is 20.7. The number of hydrogen-bond donors (Lipinski definition) is 0. The number of nitrogens with zero attached hydrogens (tertiary/aromatic N) is 3. The molecule has 30 heavy (non-hydrogen) atoms. The third-order valence-electron chi connectivity index (χ3n) is 5.91. The van der Waals surface area contributed by atoms with E-state index in [2.05, 4.69) is 49.8 Å². The fourth-order valence-electron chi connectivity index (χ4n) is 3.97. The molecule has 0 rings (SSSR count). The van der Waals surface area contributed by atoms with Crippen LogP contribution in [0.15, 0.2) is 0 Å². The first-order valence-corrected chi connectivity index (χ1v) is 13.0. The molecular formula is C26H55N3O. The Bertz CT molecular complexity index is 357. The zero-order valence-corrected chi connectivity index (χ0v) is 21.4. The summed E-state index contributed by atoms with van der Waals surface area (Å²) in [6.45, 7) is 6.20. The van der Waals surface area contributed by atoms with Crippen molar-refractivity contribution in [2.75, 3.05) is 54.4 Å². The first-order chi connectivity index (χ1) is 14.5. The van der Waals surface area contributed by atoms with Crippen LogP contribution in [0.5, 0.6) is 0 Å². The van der Waals surface area contributed by atoms with Crippen LogP contribution in [0.2, 0.25) is 0 Å². The quantitative estimate of drug-likeness (QED) is 0.193. The zero-order chi connectivity index (χ0) is 22.5. The molecule has 0 atom stereocenters. The molecule has 0 heterocycles. The first-order valence-electron chi connectivity index (χ1n) is 13.0. The molecule has 0 fully saturated rings. The number of rotatable bonds is 22. The van der Waals surface area contributed by atoms with Gasteiger partial charge in [-0.15, -0.1) is 0 Å². The Morgan fingerprint density at radius 1 is 0.500 bits per heavy atom. The van der Waals surface area contributed by atoms with Crippen molar-refractivity contribution in [3.05, 3.63) is 0 Å². The van der Waals surface area contributed by atoms with Gasteiger partial charge in [-0.2, -0.15) is 0 Å². The van der Waals surface area contributed by atoms with E-state index in [4.69, 9.17) is 0 Å². The van der Waals surface area contributed by atoms with Gasteiger partial charge in [0.1, 0.15) is 0 Å².